The maximum atomic E-state index is 11.4. The molecule has 0 unspecified atom stereocenters. The third-order valence-corrected chi connectivity index (χ3v) is 2.56. The number of halogens is 1. The molecule has 0 radical (unpaired) electrons. The summed E-state index contributed by atoms with van der Waals surface area (Å²) >= 11 is 0. The number of hydrogen-bond acceptors (Lipinski definition) is 3. The summed E-state index contributed by atoms with van der Waals surface area (Å²) in [6.45, 7) is 11.9. The Kier molecular flexibility index (Phi) is 13.7. The summed E-state index contributed by atoms with van der Waals surface area (Å²) in [6, 6.07) is 0. The van der Waals surface area contributed by atoms with E-state index in [2.05, 4.69) is 34.8 Å². The van der Waals surface area contributed by atoms with E-state index in [1.165, 1.54) is 6.42 Å². The summed E-state index contributed by atoms with van der Waals surface area (Å²) in [4.78, 5) is 15.6. The molecular weight excluding hydrogens is 395 g/mol. The van der Waals surface area contributed by atoms with Crippen LogP contribution >= 0.6 is 24.0 Å². The van der Waals surface area contributed by atoms with Crippen molar-refractivity contribution >= 4 is 36.0 Å². The number of rotatable bonds is 7. The Morgan fingerprint density at radius 2 is 1.64 bits per heavy atom. The van der Waals surface area contributed by atoms with Gasteiger partial charge in [-0.25, -0.2) is 4.79 Å². The number of amides is 1. The van der Waals surface area contributed by atoms with E-state index in [0.29, 0.717) is 13.1 Å². The van der Waals surface area contributed by atoms with Gasteiger partial charge in [0.1, 0.15) is 5.60 Å². The van der Waals surface area contributed by atoms with E-state index in [1.54, 1.807) is 7.05 Å². The fourth-order valence-corrected chi connectivity index (χ4v) is 1.60. The number of carbonyl (C=O) groups excluding carboxylic acids is 1. The molecule has 0 aliphatic carbocycles. The molecule has 22 heavy (non-hydrogen) atoms. The zero-order valence-corrected chi connectivity index (χ0v) is 17.1. The number of nitrogens with zero attached hydrogens (tertiary/aromatic N) is 1. The normalized spacial score (nSPS) is 11.7. The zero-order chi connectivity index (χ0) is 16.3. The van der Waals surface area contributed by atoms with Crippen LogP contribution < -0.4 is 16.0 Å². The Hall–Kier alpha value is -0.730. The quantitative estimate of drug-likeness (QED) is 0.252. The molecule has 0 aromatic carbocycles. The lowest BCUT2D eigenvalue weighted by molar-refractivity contribution is 0.0529. The minimum Gasteiger partial charge on any atom is -0.444 e. The molecular formula is C15H33IN4O2. The molecule has 0 spiro atoms. The molecule has 0 saturated heterocycles. The number of nitrogens with one attached hydrogen (secondary N) is 3. The number of ether oxygens (including phenoxy) is 1. The van der Waals surface area contributed by atoms with Crippen molar-refractivity contribution in [2.75, 3.05) is 26.7 Å². The summed E-state index contributed by atoms with van der Waals surface area (Å²) in [6.07, 6.45) is 1.92. The van der Waals surface area contributed by atoms with Gasteiger partial charge in [-0.05, 0) is 39.5 Å². The van der Waals surface area contributed by atoms with E-state index in [0.717, 1.165) is 24.8 Å². The van der Waals surface area contributed by atoms with Gasteiger partial charge >= 0.3 is 6.09 Å². The molecule has 7 heteroatoms. The molecule has 0 bridgehead atoms. The lowest BCUT2D eigenvalue weighted by Crippen LogP contribution is -2.42. The molecule has 0 rings (SSSR count). The van der Waals surface area contributed by atoms with Crippen molar-refractivity contribution in [3.8, 4) is 0 Å². The minimum absolute atomic E-state index is 0. The van der Waals surface area contributed by atoms with E-state index in [9.17, 15) is 4.79 Å². The molecule has 0 aromatic heterocycles. The summed E-state index contributed by atoms with van der Waals surface area (Å²) in [5, 5.41) is 9.08. The molecule has 3 N–H and O–H groups in total. The second-order valence-electron chi connectivity index (χ2n) is 6.39. The average molecular weight is 428 g/mol. The van der Waals surface area contributed by atoms with E-state index in [1.807, 2.05) is 20.8 Å². The first-order valence-electron chi connectivity index (χ1n) is 7.66. The molecule has 0 aliphatic rings. The van der Waals surface area contributed by atoms with Crippen LogP contribution in [-0.2, 0) is 4.74 Å². The first-order chi connectivity index (χ1) is 9.74. The first kappa shape index (κ1) is 23.5. The third-order valence-electron chi connectivity index (χ3n) is 2.56. The van der Waals surface area contributed by atoms with Crippen molar-refractivity contribution in [1.29, 1.82) is 0 Å². The van der Waals surface area contributed by atoms with Gasteiger partial charge < -0.3 is 20.7 Å². The number of carbonyl (C=O) groups is 1. The Bertz CT molecular complexity index is 328. The van der Waals surface area contributed by atoms with E-state index < -0.39 is 11.7 Å². The van der Waals surface area contributed by atoms with Crippen molar-refractivity contribution in [1.82, 2.24) is 16.0 Å². The number of alkyl carbamates (subject to hydrolysis) is 1. The number of hydrogen-bond donors (Lipinski definition) is 3. The van der Waals surface area contributed by atoms with Crippen LogP contribution in [0.15, 0.2) is 4.99 Å². The molecule has 0 heterocycles. The predicted molar refractivity (Wildman–Crippen MR) is 103 cm³/mol. The molecule has 0 aromatic rings. The monoisotopic (exact) mass is 428 g/mol. The van der Waals surface area contributed by atoms with Crippen molar-refractivity contribution in [3.05, 3.63) is 0 Å². The SMILES string of the molecule is CN=C(NCCCC(C)C)NCCNC(=O)OC(C)(C)C.I. The summed E-state index contributed by atoms with van der Waals surface area (Å²) in [5.74, 6) is 1.48. The summed E-state index contributed by atoms with van der Waals surface area (Å²) in [7, 11) is 1.74. The van der Waals surface area contributed by atoms with Crippen LogP contribution in [-0.4, -0.2) is 44.3 Å². The fraction of sp³-hybridized carbons (Fsp3) is 0.867. The van der Waals surface area contributed by atoms with Crippen LogP contribution in [0.25, 0.3) is 0 Å². The average Bonchev–Trinajstić information content (AvgIpc) is 2.34. The van der Waals surface area contributed by atoms with Gasteiger partial charge in [0.25, 0.3) is 0 Å². The Morgan fingerprint density at radius 1 is 1.09 bits per heavy atom. The van der Waals surface area contributed by atoms with Crippen molar-refractivity contribution in [2.45, 2.75) is 53.1 Å². The Morgan fingerprint density at radius 3 is 2.14 bits per heavy atom. The van der Waals surface area contributed by atoms with Gasteiger partial charge in [0.05, 0.1) is 0 Å². The highest BCUT2D eigenvalue weighted by molar-refractivity contribution is 14.0. The van der Waals surface area contributed by atoms with Crippen LogP contribution in [0.2, 0.25) is 0 Å². The van der Waals surface area contributed by atoms with Gasteiger partial charge in [-0.15, -0.1) is 24.0 Å². The first-order valence-corrected chi connectivity index (χ1v) is 7.66. The number of guanidine groups is 1. The summed E-state index contributed by atoms with van der Waals surface area (Å²) in [5.41, 5.74) is -0.467. The van der Waals surface area contributed by atoms with Gasteiger partial charge in [-0.1, -0.05) is 13.8 Å². The highest BCUT2D eigenvalue weighted by atomic mass is 127. The third kappa shape index (κ3) is 15.7. The predicted octanol–water partition coefficient (Wildman–Crippen LogP) is 2.73. The lowest BCUT2D eigenvalue weighted by Gasteiger charge is -2.20. The Labute approximate surface area is 152 Å². The largest absolute Gasteiger partial charge is 0.444 e. The van der Waals surface area contributed by atoms with Crippen LogP contribution in [0.4, 0.5) is 4.79 Å². The van der Waals surface area contributed by atoms with Gasteiger partial charge in [0.15, 0.2) is 5.96 Å². The highest BCUT2D eigenvalue weighted by Crippen LogP contribution is 2.06. The smallest absolute Gasteiger partial charge is 0.407 e. The van der Waals surface area contributed by atoms with Crippen LogP contribution in [0.5, 0.6) is 0 Å². The van der Waals surface area contributed by atoms with Crippen molar-refractivity contribution in [2.24, 2.45) is 10.9 Å². The molecule has 0 aliphatic heterocycles. The minimum atomic E-state index is -0.467. The van der Waals surface area contributed by atoms with Gasteiger partial charge in [-0.3, -0.25) is 4.99 Å². The van der Waals surface area contributed by atoms with Crippen LogP contribution in [0.3, 0.4) is 0 Å². The van der Waals surface area contributed by atoms with Crippen molar-refractivity contribution in [3.63, 3.8) is 0 Å². The highest BCUT2D eigenvalue weighted by Gasteiger charge is 2.15. The van der Waals surface area contributed by atoms with Crippen LogP contribution in [0, 0.1) is 5.92 Å². The Balaban J connectivity index is 0. The molecule has 0 atom stereocenters. The zero-order valence-electron chi connectivity index (χ0n) is 14.8. The summed E-state index contributed by atoms with van der Waals surface area (Å²) < 4.78 is 5.15. The van der Waals surface area contributed by atoms with Gasteiger partial charge in [0.2, 0.25) is 0 Å². The second-order valence-corrected chi connectivity index (χ2v) is 6.39. The van der Waals surface area contributed by atoms with Crippen molar-refractivity contribution < 1.29 is 9.53 Å². The van der Waals surface area contributed by atoms with E-state index in [-0.39, 0.29) is 24.0 Å². The second kappa shape index (κ2) is 12.8. The van der Waals surface area contributed by atoms with E-state index in [4.69, 9.17) is 4.74 Å². The topological polar surface area (TPSA) is 74.8 Å². The molecule has 0 fully saturated rings. The molecule has 132 valence electrons. The van der Waals surface area contributed by atoms with Gasteiger partial charge in [0, 0.05) is 26.7 Å². The van der Waals surface area contributed by atoms with Crippen LogP contribution in [0.1, 0.15) is 47.5 Å². The lowest BCUT2D eigenvalue weighted by atomic mass is 10.1. The maximum absolute atomic E-state index is 11.4. The number of aliphatic imine (C=N–C) groups is 1. The van der Waals surface area contributed by atoms with Gasteiger partial charge in [-0.2, -0.15) is 0 Å². The molecule has 6 nitrogen and oxygen atoms in total. The standard InChI is InChI=1S/C15H32N4O2.HI/c1-12(2)8-7-9-17-13(16-6)18-10-11-19-14(20)21-15(3,4)5;/h12H,7-11H2,1-6H3,(H,19,20)(H2,16,17,18);1H. The van der Waals surface area contributed by atoms with E-state index >= 15 is 0 Å². The fourth-order valence-electron chi connectivity index (χ4n) is 1.60. The molecule has 0 saturated carbocycles. The molecule has 1 amide bonds. The maximum Gasteiger partial charge on any atom is 0.407 e.